The van der Waals surface area contributed by atoms with Crippen LogP contribution in [0.3, 0.4) is 0 Å². The molecule has 0 saturated carbocycles. The van der Waals surface area contributed by atoms with E-state index in [-0.39, 0.29) is 5.75 Å². The van der Waals surface area contributed by atoms with Gasteiger partial charge in [-0.2, -0.15) is 0 Å². The van der Waals surface area contributed by atoms with E-state index in [1.807, 2.05) is 12.1 Å². The monoisotopic (exact) mass is 233 g/mol. The van der Waals surface area contributed by atoms with Crippen molar-refractivity contribution in [3.8, 4) is 5.75 Å². The Hall–Kier alpha value is -2.17. The SMILES string of the molecule is Oc1ccc(CCNc2ncc(F)cn2)cc1. The number of aromatic nitrogens is 2. The predicted octanol–water partition coefficient (Wildman–Crippen LogP) is 1.98. The van der Waals surface area contributed by atoms with E-state index >= 15 is 0 Å². The molecule has 4 nitrogen and oxygen atoms in total. The molecule has 0 unspecified atom stereocenters. The van der Waals surface area contributed by atoms with Gasteiger partial charge in [-0.1, -0.05) is 12.1 Å². The Morgan fingerprint density at radius 2 is 1.76 bits per heavy atom. The number of benzene rings is 1. The fourth-order valence-corrected chi connectivity index (χ4v) is 1.38. The summed E-state index contributed by atoms with van der Waals surface area (Å²) in [6.45, 7) is 0.649. The van der Waals surface area contributed by atoms with Crippen LogP contribution in [0, 0.1) is 5.82 Å². The smallest absolute Gasteiger partial charge is 0.222 e. The maximum atomic E-state index is 12.5. The second-order valence-electron chi connectivity index (χ2n) is 3.57. The molecule has 0 amide bonds. The molecule has 0 radical (unpaired) electrons. The molecular weight excluding hydrogens is 221 g/mol. The summed E-state index contributed by atoms with van der Waals surface area (Å²) in [4.78, 5) is 7.57. The fraction of sp³-hybridized carbons (Fsp3) is 0.167. The molecule has 2 rings (SSSR count). The maximum Gasteiger partial charge on any atom is 0.222 e. The van der Waals surface area contributed by atoms with Gasteiger partial charge in [-0.05, 0) is 24.1 Å². The summed E-state index contributed by atoms with van der Waals surface area (Å²) in [5.74, 6) is 0.211. The maximum absolute atomic E-state index is 12.5. The molecule has 88 valence electrons. The third-order valence-electron chi connectivity index (χ3n) is 2.25. The Bertz CT molecular complexity index is 425. The highest BCUT2D eigenvalue weighted by atomic mass is 19.1. The number of rotatable bonds is 4. The summed E-state index contributed by atoms with van der Waals surface area (Å²) in [6, 6.07) is 6.98. The molecule has 1 aromatic carbocycles. The summed E-state index contributed by atoms with van der Waals surface area (Å²) in [5.41, 5.74) is 1.09. The molecule has 0 atom stereocenters. The van der Waals surface area contributed by atoms with Gasteiger partial charge in [0, 0.05) is 6.54 Å². The predicted molar refractivity (Wildman–Crippen MR) is 62.3 cm³/mol. The van der Waals surface area contributed by atoms with Crippen molar-refractivity contribution >= 4 is 5.95 Å². The minimum atomic E-state index is -0.450. The fourth-order valence-electron chi connectivity index (χ4n) is 1.38. The van der Waals surface area contributed by atoms with Crippen molar-refractivity contribution in [2.24, 2.45) is 0 Å². The molecule has 1 heterocycles. The Morgan fingerprint density at radius 1 is 1.12 bits per heavy atom. The van der Waals surface area contributed by atoms with Crippen molar-refractivity contribution in [3.05, 3.63) is 48.0 Å². The third kappa shape index (κ3) is 3.41. The van der Waals surface area contributed by atoms with Crippen LogP contribution in [0.4, 0.5) is 10.3 Å². The molecule has 2 N–H and O–H groups in total. The van der Waals surface area contributed by atoms with E-state index in [2.05, 4.69) is 15.3 Å². The molecule has 0 bridgehead atoms. The zero-order valence-electron chi connectivity index (χ0n) is 9.10. The van der Waals surface area contributed by atoms with Crippen molar-refractivity contribution in [2.45, 2.75) is 6.42 Å². The van der Waals surface area contributed by atoms with Gasteiger partial charge in [0.1, 0.15) is 5.75 Å². The zero-order valence-corrected chi connectivity index (χ0v) is 9.10. The van der Waals surface area contributed by atoms with Crippen molar-refractivity contribution < 1.29 is 9.50 Å². The van der Waals surface area contributed by atoms with E-state index in [1.54, 1.807) is 12.1 Å². The number of halogens is 1. The van der Waals surface area contributed by atoms with Crippen LogP contribution in [0.1, 0.15) is 5.56 Å². The largest absolute Gasteiger partial charge is 0.508 e. The normalized spacial score (nSPS) is 10.2. The summed E-state index contributed by atoms with van der Waals surface area (Å²) >= 11 is 0. The molecule has 0 aliphatic heterocycles. The average Bonchev–Trinajstić information content (AvgIpc) is 2.34. The first-order valence-electron chi connectivity index (χ1n) is 5.23. The van der Waals surface area contributed by atoms with Gasteiger partial charge in [0.15, 0.2) is 5.82 Å². The number of phenolic OH excluding ortho intramolecular Hbond substituents is 1. The zero-order chi connectivity index (χ0) is 12.1. The van der Waals surface area contributed by atoms with Crippen LogP contribution in [-0.2, 0) is 6.42 Å². The summed E-state index contributed by atoms with van der Waals surface area (Å²) in [7, 11) is 0. The highest BCUT2D eigenvalue weighted by molar-refractivity contribution is 5.28. The lowest BCUT2D eigenvalue weighted by Gasteiger charge is -2.04. The molecule has 0 spiro atoms. The molecule has 17 heavy (non-hydrogen) atoms. The van der Waals surface area contributed by atoms with Crippen molar-refractivity contribution in [1.29, 1.82) is 0 Å². The Kier molecular flexibility index (Phi) is 3.49. The third-order valence-corrected chi connectivity index (χ3v) is 2.25. The number of phenols is 1. The van der Waals surface area contributed by atoms with Crippen LogP contribution in [0.2, 0.25) is 0 Å². The van der Waals surface area contributed by atoms with Crippen LogP contribution < -0.4 is 5.32 Å². The summed E-state index contributed by atoms with van der Waals surface area (Å²) < 4.78 is 12.5. The van der Waals surface area contributed by atoms with E-state index in [1.165, 1.54) is 0 Å². The highest BCUT2D eigenvalue weighted by Gasteiger charge is 1.97. The first-order valence-corrected chi connectivity index (χ1v) is 5.23. The van der Waals surface area contributed by atoms with Crippen molar-refractivity contribution in [1.82, 2.24) is 9.97 Å². The number of anilines is 1. The van der Waals surface area contributed by atoms with Crippen LogP contribution in [0.5, 0.6) is 5.75 Å². The molecule has 0 aliphatic carbocycles. The molecule has 0 fully saturated rings. The van der Waals surface area contributed by atoms with E-state index in [0.29, 0.717) is 12.5 Å². The van der Waals surface area contributed by atoms with Gasteiger partial charge in [0.05, 0.1) is 12.4 Å². The number of nitrogens with one attached hydrogen (secondary N) is 1. The van der Waals surface area contributed by atoms with Gasteiger partial charge in [-0.25, -0.2) is 14.4 Å². The highest BCUT2D eigenvalue weighted by Crippen LogP contribution is 2.10. The molecule has 0 aliphatic rings. The average molecular weight is 233 g/mol. The number of hydrogen-bond donors (Lipinski definition) is 2. The van der Waals surface area contributed by atoms with Gasteiger partial charge >= 0.3 is 0 Å². The summed E-state index contributed by atoms with van der Waals surface area (Å²) in [5, 5.41) is 12.1. The van der Waals surface area contributed by atoms with Gasteiger partial charge in [-0.15, -0.1) is 0 Å². The molecular formula is C12H12FN3O. The first kappa shape index (κ1) is 11.3. The Morgan fingerprint density at radius 3 is 2.41 bits per heavy atom. The second-order valence-corrected chi connectivity index (χ2v) is 3.57. The van der Waals surface area contributed by atoms with Crippen LogP contribution in [0.25, 0.3) is 0 Å². The number of nitrogens with zero attached hydrogens (tertiary/aromatic N) is 2. The van der Waals surface area contributed by atoms with E-state index < -0.39 is 5.82 Å². The van der Waals surface area contributed by atoms with Crippen molar-refractivity contribution in [2.75, 3.05) is 11.9 Å². The van der Waals surface area contributed by atoms with E-state index in [0.717, 1.165) is 24.4 Å². The van der Waals surface area contributed by atoms with Gasteiger partial charge < -0.3 is 10.4 Å². The van der Waals surface area contributed by atoms with Crippen LogP contribution in [0.15, 0.2) is 36.7 Å². The summed E-state index contributed by atoms with van der Waals surface area (Å²) in [6.07, 6.45) is 3.02. The minimum Gasteiger partial charge on any atom is -0.508 e. The molecule has 2 aromatic rings. The Balaban J connectivity index is 1.83. The lowest BCUT2D eigenvalue weighted by atomic mass is 10.1. The standard InChI is InChI=1S/C12H12FN3O/c13-10-7-15-12(16-8-10)14-6-5-9-1-3-11(17)4-2-9/h1-4,7-8,17H,5-6H2,(H,14,15,16). The van der Waals surface area contributed by atoms with Gasteiger partial charge in [0.25, 0.3) is 0 Å². The van der Waals surface area contributed by atoms with Crippen LogP contribution in [-0.4, -0.2) is 21.6 Å². The molecule has 1 aromatic heterocycles. The lowest BCUT2D eigenvalue weighted by molar-refractivity contribution is 0.475. The minimum absolute atomic E-state index is 0.253. The molecule has 0 saturated heterocycles. The van der Waals surface area contributed by atoms with Crippen molar-refractivity contribution in [3.63, 3.8) is 0 Å². The number of hydrogen-bond acceptors (Lipinski definition) is 4. The van der Waals surface area contributed by atoms with E-state index in [9.17, 15) is 4.39 Å². The Labute approximate surface area is 98.2 Å². The second kappa shape index (κ2) is 5.25. The lowest BCUT2D eigenvalue weighted by Crippen LogP contribution is -2.07. The van der Waals surface area contributed by atoms with Crippen LogP contribution >= 0.6 is 0 Å². The quantitative estimate of drug-likeness (QED) is 0.847. The van der Waals surface area contributed by atoms with E-state index in [4.69, 9.17) is 5.11 Å². The van der Waals surface area contributed by atoms with Gasteiger partial charge in [0.2, 0.25) is 5.95 Å². The molecule has 5 heteroatoms. The first-order chi connectivity index (χ1) is 8.24. The topological polar surface area (TPSA) is 58.0 Å². The number of aromatic hydroxyl groups is 1. The van der Waals surface area contributed by atoms with Gasteiger partial charge in [-0.3, -0.25) is 0 Å².